The number of nitrogens with one attached hydrogen (secondary N) is 1. The summed E-state index contributed by atoms with van der Waals surface area (Å²) in [5.74, 6) is 0. The van der Waals surface area contributed by atoms with Gasteiger partial charge in [0.05, 0.1) is 11.4 Å². The molecule has 1 aromatic carbocycles. The summed E-state index contributed by atoms with van der Waals surface area (Å²) in [5, 5.41) is 3.26. The monoisotopic (exact) mass is 158 g/mol. The van der Waals surface area contributed by atoms with Crippen molar-refractivity contribution >= 4 is 17.6 Å². The molecule has 0 aliphatic carbocycles. The van der Waals surface area contributed by atoms with Crippen LogP contribution in [0.15, 0.2) is 41.4 Å². The second kappa shape index (κ2) is 3.22. The molecule has 0 saturated heterocycles. The summed E-state index contributed by atoms with van der Waals surface area (Å²) in [4.78, 5) is 4.27. The van der Waals surface area contributed by atoms with E-state index in [1.54, 1.807) is 0 Å². The Labute approximate surface area is 71.6 Å². The van der Waals surface area contributed by atoms with E-state index in [9.17, 15) is 0 Å². The number of aliphatic imine (C=N–C) groups is 1. The Balaban J connectivity index is 2.43. The molecule has 0 saturated carbocycles. The molecule has 0 bridgehead atoms. The third-order valence-electron chi connectivity index (χ3n) is 1.75. The fourth-order valence-corrected chi connectivity index (χ4v) is 1.16. The van der Waals surface area contributed by atoms with Gasteiger partial charge in [-0.05, 0) is 18.2 Å². The molecule has 0 spiro atoms. The summed E-state index contributed by atoms with van der Waals surface area (Å²) in [7, 11) is 0. The molecule has 1 N–H and O–H groups in total. The van der Waals surface area contributed by atoms with Gasteiger partial charge in [0.2, 0.25) is 0 Å². The van der Waals surface area contributed by atoms with Gasteiger partial charge in [-0.2, -0.15) is 0 Å². The van der Waals surface area contributed by atoms with Gasteiger partial charge in [0, 0.05) is 12.8 Å². The first-order valence-corrected chi connectivity index (χ1v) is 3.99. The number of rotatable bonds is 0. The van der Waals surface area contributed by atoms with Crippen LogP contribution in [-0.4, -0.2) is 12.8 Å². The van der Waals surface area contributed by atoms with Crippen LogP contribution >= 0.6 is 0 Å². The van der Waals surface area contributed by atoms with Gasteiger partial charge in [0.15, 0.2) is 0 Å². The summed E-state index contributed by atoms with van der Waals surface area (Å²) in [5.41, 5.74) is 2.10. The Hall–Kier alpha value is -1.57. The minimum absolute atomic E-state index is 0.864. The first-order valence-electron chi connectivity index (χ1n) is 3.99. The van der Waals surface area contributed by atoms with Crippen molar-refractivity contribution in [1.82, 2.24) is 0 Å². The van der Waals surface area contributed by atoms with Crippen molar-refractivity contribution in [3.63, 3.8) is 0 Å². The van der Waals surface area contributed by atoms with Gasteiger partial charge in [-0.3, -0.25) is 4.99 Å². The van der Waals surface area contributed by atoms with E-state index in [0.717, 1.165) is 17.9 Å². The molecule has 0 amide bonds. The molecule has 2 heteroatoms. The Morgan fingerprint density at radius 3 is 3.17 bits per heavy atom. The van der Waals surface area contributed by atoms with E-state index in [1.807, 2.05) is 42.6 Å². The highest BCUT2D eigenvalue weighted by Crippen LogP contribution is 2.23. The molecule has 1 heterocycles. The van der Waals surface area contributed by atoms with Crippen LogP contribution in [0.2, 0.25) is 0 Å². The number of nitrogens with zero attached hydrogens (tertiary/aromatic N) is 1. The van der Waals surface area contributed by atoms with Gasteiger partial charge >= 0.3 is 0 Å². The Kier molecular flexibility index (Phi) is 1.90. The first-order chi connectivity index (χ1) is 5.97. The van der Waals surface area contributed by atoms with E-state index in [4.69, 9.17) is 0 Å². The number of para-hydroxylation sites is 2. The topological polar surface area (TPSA) is 24.4 Å². The van der Waals surface area contributed by atoms with Gasteiger partial charge in [-0.25, -0.2) is 0 Å². The Morgan fingerprint density at radius 2 is 2.17 bits per heavy atom. The van der Waals surface area contributed by atoms with Crippen molar-refractivity contribution in [2.24, 2.45) is 4.99 Å². The van der Waals surface area contributed by atoms with Crippen molar-refractivity contribution in [1.29, 1.82) is 0 Å². The molecular formula is C10H10N2. The molecule has 0 fully saturated rings. The average Bonchev–Trinajstić information content (AvgIpc) is 2.06. The highest BCUT2D eigenvalue weighted by Gasteiger charge is 1.97. The summed E-state index contributed by atoms with van der Waals surface area (Å²) in [6.45, 7) is 0.864. The molecule has 1 aliphatic rings. The summed E-state index contributed by atoms with van der Waals surface area (Å²) < 4.78 is 0. The van der Waals surface area contributed by atoms with Crippen LogP contribution in [0.3, 0.4) is 0 Å². The molecule has 60 valence electrons. The number of hydrogen-bond acceptors (Lipinski definition) is 2. The molecule has 2 rings (SSSR count). The van der Waals surface area contributed by atoms with Crippen molar-refractivity contribution in [3.8, 4) is 0 Å². The van der Waals surface area contributed by atoms with Crippen molar-refractivity contribution in [2.75, 3.05) is 11.9 Å². The molecule has 1 aromatic rings. The average molecular weight is 158 g/mol. The third kappa shape index (κ3) is 1.37. The molecule has 0 aromatic heterocycles. The van der Waals surface area contributed by atoms with Crippen LogP contribution in [0.5, 0.6) is 0 Å². The number of hydrogen-bond donors (Lipinski definition) is 1. The lowest BCUT2D eigenvalue weighted by atomic mass is 10.2. The van der Waals surface area contributed by atoms with Crippen molar-refractivity contribution < 1.29 is 0 Å². The summed E-state index contributed by atoms with van der Waals surface area (Å²) >= 11 is 0. The van der Waals surface area contributed by atoms with Crippen molar-refractivity contribution in [2.45, 2.75) is 0 Å². The van der Waals surface area contributed by atoms with E-state index in [2.05, 4.69) is 10.3 Å². The number of anilines is 1. The van der Waals surface area contributed by atoms with Gasteiger partial charge in [-0.15, -0.1) is 0 Å². The Bertz CT molecular complexity index is 326. The van der Waals surface area contributed by atoms with Crippen LogP contribution in [-0.2, 0) is 0 Å². The maximum absolute atomic E-state index is 4.27. The maximum atomic E-state index is 4.27. The number of allylic oxidation sites excluding steroid dienone is 1. The third-order valence-corrected chi connectivity index (χ3v) is 1.75. The second-order valence-corrected chi connectivity index (χ2v) is 2.60. The molecule has 0 atom stereocenters. The zero-order valence-corrected chi connectivity index (χ0v) is 6.70. The van der Waals surface area contributed by atoms with Crippen LogP contribution < -0.4 is 5.32 Å². The SMILES string of the molecule is C1=Nc2ccccc2NC/C=C\1. The quantitative estimate of drug-likeness (QED) is 0.615. The highest BCUT2D eigenvalue weighted by molar-refractivity contribution is 5.79. The molecule has 0 radical (unpaired) electrons. The minimum Gasteiger partial charge on any atom is -0.380 e. The molecule has 1 aliphatic heterocycles. The summed E-state index contributed by atoms with van der Waals surface area (Å²) in [6, 6.07) is 8.03. The lowest BCUT2D eigenvalue weighted by molar-refractivity contribution is 1.32. The van der Waals surface area contributed by atoms with Gasteiger partial charge in [-0.1, -0.05) is 18.2 Å². The molecular weight excluding hydrogens is 148 g/mol. The van der Waals surface area contributed by atoms with Gasteiger partial charge in [0.25, 0.3) is 0 Å². The highest BCUT2D eigenvalue weighted by atomic mass is 14.9. The fraction of sp³-hybridized carbons (Fsp3) is 0.100. The zero-order chi connectivity index (χ0) is 8.23. The second-order valence-electron chi connectivity index (χ2n) is 2.60. The fourth-order valence-electron chi connectivity index (χ4n) is 1.16. The first kappa shape index (κ1) is 7.10. The lowest BCUT2D eigenvalue weighted by Gasteiger charge is -2.07. The predicted octanol–water partition coefficient (Wildman–Crippen LogP) is 2.37. The van der Waals surface area contributed by atoms with E-state index >= 15 is 0 Å². The normalized spacial score (nSPS) is 17.0. The lowest BCUT2D eigenvalue weighted by Crippen LogP contribution is -1.99. The van der Waals surface area contributed by atoms with E-state index in [1.165, 1.54) is 0 Å². The largest absolute Gasteiger partial charge is 0.380 e. The molecule has 0 unspecified atom stereocenters. The van der Waals surface area contributed by atoms with E-state index in [0.29, 0.717) is 0 Å². The molecule has 2 nitrogen and oxygen atoms in total. The maximum Gasteiger partial charge on any atom is 0.0861 e. The van der Waals surface area contributed by atoms with Crippen LogP contribution in [0.25, 0.3) is 0 Å². The van der Waals surface area contributed by atoms with Gasteiger partial charge < -0.3 is 5.32 Å². The van der Waals surface area contributed by atoms with Crippen LogP contribution in [0, 0.1) is 0 Å². The standard InChI is InChI=1S/C10H10N2/c1-2-6-10-9(5-1)11-7-3-4-8-12-10/h1-7,12H,8H2/b4-3-,11-7?. The van der Waals surface area contributed by atoms with Crippen LogP contribution in [0.1, 0.15) is 0 Å². The smallest absolute Gasteiger partial charge is 0.0861 e. The Morgan fingerprint density at radius 1 is 1.25 bits per heavy atom. The number of benzene rings is 1. The predicted molar refractivity (Wildman–Crippen MR) is 52.2 cm³/mol. The van der Waals surface area contributed by atoms with E-state index in [-0.39, 0.29) is 0 Å². The van der Waals surface area contributed by atoms with Gasteiger partial charge in [0.1, 0.15) is 0 Å². The van der Waals surface area contributed by atoms with E-state index < -0.39 is 0 Å². The zero-order valence-electron chi connectivity index (χ0n) is 6.70. The number of fused-ring (bicyclic) bond motifs is 1. The van der Waals surface area contributed by atoms with Crippen molar-refractivity contribution in [3.05, 3.63) is 36.4 Å². The minimum atomic E-state index is 0.864. The molecule has 12 heavy (non-hydrogen) atoms. The summed E-state index contributed by atoms with van der Waals surface area (Å²) in [6.07, 6.45) is 5.81. The van der Waals surface area contributed by atoms with Crippen LogP contribution in [0.4, 0.5) is 11.4 Å².